The molecule has 3 heteroatoms. The van der Waals surface area contributed by atoms with Crippen LogP contribution in [0.3, 0.4) is 0 Å². The molecule has 0 unspecified atom stereocenters. The van der Waals surface area contributed by atoms with Crippen molar-refractivity contribution in [2.24, 2.45) is 0 Å². The first-order valence-electron chi connectivity index (χ1n) is 3.23. The van der Waals surface area contributed by atoms with E-state index in [-0.39, 0.29) is 12.7 Å². The van der Waals surface area contributed by atoms with Gasteiger partial charge in [-0.15, -0.1) is 0 Å². The first kappa shape index (κ1) is 6.99. The Morgan fingerprint density at radius 3 is 2.89 bits per heavy atom. The summed E-state index contributed by atoms with van der Waals surface area (Å²) in [5.41, 5.74) is 0. The molecule has 1 saturated heterocycles. The monoisotopic (exact) mass is 132 g/mol. The fraction of sp³-hybridized carbons (Fsp3) is 1.00. The van der Waals surface area contributed by atoms with Crippen LogP contribution in [0.2, 0.25) is 0 Å². The molecule has 54 valence electrons. The van der Waals surface area contributed by atoms with Crippen molar-refractivity contribution in [2.45, 2.75) is 12.5 Å². The maximum absolute atomic E-state index is 8.48. The number of hydrogen-bond donors (Lipinski definition) is 1. The number of rotatable bonds is 2. The summed E-state index contributed by atoms with van der Waals surface area (Å²) in [6.07, 6.45) is 0.823. The summed E-state index contributed by atoms with van der Waals surface area (Å²) in [5.74, 6) is 0. The van der Waals surface area contributed by atoms with Gasteiger partial charge in [0.05, 0.1) is 25.9 Å². The molecule has 1 heterocycles. The molecule has 3 nitrogen and oxygen atoms in total. The first-order valence-corrected chi connectivity index (χ1v) is 3.23. The molecule has 0 aliphatic carbocycles. The zero-order chi connectivity index (χ0) is 6.53. The predicted molar refractivity (Wildman–Crippen MR) is 32.3 cm³/mol. The summed E-state index contributed by atoms with van der Waals surface area (Å²) in [6.45, 7) is 2.20. The highest BCUT2D eigenvalue weighted by Crippen LogP contribution is 2.03. The van der Waals surface area contributed by atoms with Crippen LogP contribution in [0.1, 0.15) is 6.42 Å². The lowest BCUT2D eigenvalue weighted by Crippen LogP contribution is -2.29. The van der Waals surface area contributed by atoms with Crippen LogP contribution in [-0.4, -0.2) is 37.6 Å². The maximum Gasteiger partial charge on any atom is 0.0831 e. The van der Waals surface area contributed by atoms with Crippen molar-refractivity contribution in [1.29, 1.82) is 0 Å². The van der Waals surface area contributed by atoms with E-state index in [1.807, 2.05) is 0 Å². The van der Waals surface area contributed by atoms with E-state index in [1.54, 1.807) is 0 Å². The van der Waals surface area contributed by atoms with Crippen LogP contribution in [0.5, 0.6) is 0 Å². The van der Waals surface area contributed by atoms with E-state index in [1.165, 1.54) is 0 Å². The molecular formula is C6H12O3. The van der Waals surface area contributed by atoms with Crippen molar-refractivity contribution in [3.8, 4) is 0 Å². The zero-order valence-electron chi connectivity index (χ0n) is 5.38. The van der Waals surface area contributed by atoms with E-state index in [9.17, 15) is 0 Å². The third kappa shape index (κ3) is 2.30. The second-order valence-electron chi connectivity index (χ2n) is 2.08. The quantitative estimate of drug-likeness (QED) is 0.564. The smallest absolute Gasteiger partial charge is 0.0831 e. The summed E-state index contributed by atoms with van der Waals surface area (Å²) in [7, 11) is 0. The molecule has 0 radical (unpaired) electrons. The van der Waals surface area contributed by atoms with Gasteiger partial charge >= 0.3 is 0 Å². The van der Waals surface area contributed by atoms with Crippen LogP contribution >= 0.6 is 0 Å². The molecule has 1 aliphatic rings. The molecule has 1 fully saturated rings. The summed E-state index contributed by atoms with van der Waals surface area (Å²) in [5, 5.41) is 8.48. The highest BCUT2D eigenvalue weighted by atomic mass is 16.6. The molecule has 1 atom stereocenters. The molecule has 0 spiro atoms. The molecule has 1 rings (SSSR count). The largest absolute Gasteiger partial charge is 0.396 e. The Labute approximate surface area is 54.6 Å². The number of hydrogen-bond acceptors (Lipinski definition) is 3. The molecule has 0 aromatic heterocycles. The molecule has 0 amide bonds. The normalized spacial score (nSPS) is 28.3. The second-order valence-corrected chi connectivity index (χ2v) is 2.08. The van der Waals surface area contributed by atoms with Crippen molar-refractivity contribution in [2.75, 3.05) is 26.4 Å². The van der Waals surface area contributed by atoms with E-state index in [2.05, 4.69) is 0 Å². The molecule has 9 heavy (non-hydrogen) atoms. The average molecular weight is 132 g/mol. The van der Waals surface area contributed by atoms with Gasteiger partial charge in [0, 0.05) is 6.61 Å². The Kier molecular flexibility index (Phi) is 2.97. The minimum atomic E-state index is 0.128. The van der Waals surface area contributed by atoms with Crippen LogP contribution in [0.4, 0.5) is 0 Å². The Balaban J connectivity index is 2.08. The van der Waals surface area contributed by atoms with E-state index >= 15 is 0 Å². The molecule has 0 aromatic rings. The van der Waals surface area contributed by atoms with Gasteiger partial charge < -0.3 is 14.6 Å². The van der Waals surface area contributed by atoms with Crippen LogP contribution in [0, 0.1) is 0 Å². The van der Waals surface area contributed by atoms with Gasteiger partial charge in [-0.25, -0.2) is 0 Å². The van der Waals surface area contributed by atoms with Gasteiger partial charge in [0.2, 0.25) is 0 Å². The Morgan fingerprint density at radius 2 is 2.33 bits per heavy atom. The molecule has 0 aromatic carbocycles. The van der Waals surface area contributed by atoms with Crippen LogP contribution < -0.4 is 0 Å². The van der Waals surface area contributed by atoms with Crippen LogP contribution in [0.15, 0.2) is 0 Å². The van der Waals surface area contributed by atoms with E-state index < -0.39 is 0 Å². The third-order valence-electron chi connectivity index (χ3n) is 1.34. The standard InChI is InChI=1S/C6H12O3/c7-2-1-6-5-8-3-4-9-6/h6-7H,1-5H2/t6-/m1/s1. The molecule has 0 bridgehead atoms. The predicted octanol–water partition coefficient (Wildman–Crippen LogP) is -0.216. The number of aliphatic hydroxyl groups excluding tert-OH is 1. The minimum absolute atomic E-state index is 0.128. The van der Waals surface area contributed by atoms with Gasteiger partial charge in [0.15, 0.2) is 0 Å². The summed E-state index contributed by atoms with van der Waals surface area (Å²) in [4.78, 5) is 0. The lowest BCUT2D eigenvalue weighted by molar-refractivity contribution is -0.0943. The van der Waals surface area contributed by atoms with Crippen molar-refractivity contribution in [3.05, 3.63) is 0 Å². The zero-order valence-corrected chi connectivity index (χ0v) is 5.38. The summed E-state index contributed by atoms with van der Waals surface area (Å²) >= 11 is 0. The molecular weight excluding hydrogens is 120 g/mol. The van der Waals surface area contributed by atoms with Gasteiger partial charge in [-0.1, -0.05) is 0 Å². The first-order chi connectivity index (χ1) is 4.43. The fourth-order valence-electron chi connectivity index (χ4n) is 0.847. The van der Waals surface area contributed by atoms with Crippen molar-refractivity contribution in [1.82, 2.24) is 0 Å². The third-order valence-corrected chi connectivity index (χ3v) is 1.34. The topological polar surface area (TPSA) is 38.7 Å². The van der Waals surface area contributed by atoms with Gasteiger partial charge in [0.1, 0.15) is 0 Å². The van der Waals surface area contributed by atoms with Gasteiger partial charge in [-0.05, 0) is 6.42 Å². The Morgan fingerprint density at radius 1 is 1.44 bits per heavy atom. The van der Waals surface area contributed by atoms with Crippen molar-refractivity contribution in [3.63, 3.8) is 0 Å². The maximum atomic E-state index is 8.48. The second kappa shape index (κ2) is 3.82. The highest BCUT2D eigenvalue weighted by molar-refractivity contribution is 4.58. The molecule has 1 aliphatic heterocycles. The van der Waals surface area contributed by atoms with Crippen molar-refractivity contribution >= 4 is 0 Å². The van der Waals surface area contributed by atoms with E-state index in [0.29, 0.717) is 26.2 Å². The molecule has 0 saturated carbocycles. The van der Waals surface area contributed by atoms with Gasteiger partial charge in [-0.2, -0.15) is 0 Å². The summed E-state index contributed by atoms with van der Waals surface area (Å²) in [6, 6.07) is 0. The lowest BCUT2D eigenvalue weighted by atomic mass is 10.3. The molecule has 1 N–H and O–H groups in total. The Hall–Kier alpha value is -0.120. The van der Waals surface area contributed by atoms with E-state index in [0.717, 1.165) is 0 Å². The van der Waals surface area contributed by atoms with Gasteiger partial charge in [-0.3, -0.25) is 0 Å². The highest BCUT2D eigenvalue weighted by Gasteiger charge is 2.12. The average Bonchev–Trinajstić information content (AvgIpc) is 1.91. The van der Waals surface area contributed by atoms with Crippen LogP contribution in [0.25, 0.3) is 0 Å². The van der Waals surface area contributed by atoms with Crippen LogP contribution in [-0.2, 0) is 9.47 Å². The van der Waals surface area contributed by atoms with Crippen molar-refractivity contribution < 1.29 is 14.6 Å². The lowest BCUT2D eigenvalue weighted by Gasteiger charge is -2.21. The number of aliphatic hydroxyl groups is 1. The minimum Gasteiger partial charge on any atom is -0.396 e. The Bertz CT molecular complexity index is 65.9. The summed E-state index contributed by atoms with van der Waals surface area (Å²) < 4.78 is 10.3. The SMILES string of the molecule is OCC[C@@H]1COCCO1. The number of ether oxygens (including phenoxy) is 2. The fourth-order valence-corrected chi connectivity index (χ4v) is 0.847. The van der Waals surface area contributed by atoms with Gasteiger partial charge in [0.25, 0.3) is 0 Å². The van der Waals surface area contributed by atoms with E-state index in [4.69, 9.17) is 14.6 Å².